The van der Waals surface area contributed by atoms with Crippen molar-refractivity contribution >= 4 is 11.9 Å². The lowest BCUT2D eigenvalue weighted by Gasteiger charge is -2.15. The molecule has 2 rings (SSSR count). The predicted molar refractivity (Wildman–Crippen MR) is 110 cm³/mol. The van der Waals surface area contributed by atoms with Gasteiger partial charge >= 0.3 is 5.97 Å². The fourth-order valence-electron chi connectivity index (χ4n) is 2.98. The summed E-state index contributed by atoms with van der Waals surface area (Å²) in [7, 11) is 1.33. The first-order chi connectivity index (χ1) is 14.0. The zero-order valence-corrected chi connectivity index (χ0v) is 17.0. The third kappa shape index (κ3) is 6.01. The first kappa shape index (κ1) is 21.8. The van der Waals surface area contributed by atoms with Crippen molar-refractivity contribution in [1.82, 2.24) is 10.3 Å². The number of amides is 1. The Kier molecular flexibility index (Phi) is 8.11. The summed E-state index contributed by atoms with van der Waals surface area (Å²) in [6.45, 7) is 3.47. The van der Waals surface area contributed by atoms with Gasteiger partial charge in [-0.05, 0) is 30.5 Å². The van der Waals surface area contributed by atoms with E-state index < -0.39 is 5.97 Å². The van der Waals surface area contributed by atoms with Gasteiger partial charge < -0.3 is 10.1 Å². The number of nitriles is 1. The van der Waals surface area contributed by atoms with Crippen LogP contribution in [-0.2, 0) is 20.7 Å². The number of unbranched alkanes of at least 4 members (excludes halogenated alkanes) is 1. The molecule has 0 unspecified atom stereocenters. The number of allylic oxidation sites excluding steroid dienone is 1. The Morgan fingerprint density at radius 1 is 1.21 bits per heavy atom. The number of pyridine rings is 1. The molecule has 1 heterocycles. The van der Waals surface area contributed by atoms with Crippen LogP contribution in [0.25, 0.3) is 11.3 Å². The van der Waals surface area contributed by atoms with Crippen molar-refractivity contribution in [1.29, 1.82) is 5.26 Å². The lowest BCUT2D eigenvalue weighted by Crippen LogP contribution is -2.24. The fraction of sp³-hybridized carbons (Fsp3) is 0.304. The van der Waals surface area contributed by atoms with Crippen LogP contribution in [0.15, 0.2) is 53.9 Å². The highest BCUT2D eigenvalue weighted by molar-refractivity contribution is 5.91. The molecule has 2 aromatic rings. The number of hydrogen-bond acceptors (Lipinski definition) is 5. The van der Waals surface area contributed by atoms with Crippen LogP contribution in [0.1, 0.15) is 44.2 Å². The van der Waals surface area contributed by atoms with Crippen molar-refractivity contribution in [3.8, 4) is 17.3 Å². The lowest BCUT2D eigenvalue weighted by atomic mass is 10.00. The number of carbonyl (C=O) groups excluding carboxylic acids is 2. The minimum Gasteiger partial charge on any atom is -0.466 e. The molecule has 0 aliphatic rings. The number of methoxy groups -OCH3 is 1. The quantitative estimate of drug-likeness (QED) is 0.544. The molecule has 29 heavy (non-hydrogen) atoms. The third-order valence-corrected chi connectivity index (χ3v) is 4.43. The molecule has 0 bridgehead atoms. The number of rotatable bonds is 8. The fourth-order valence-corrected chi connectivity index (χ4v) is 2.98. The number of hydrogen-bond donors (Lipinski definition) is 1. The second-order valence-corrected chi connectivity index (χ2v) is 6.62. The highest BCUT2D eigenvalue weighted by Crippen LogP contribution is 2.23. The van der Waals surface area contributed by atoms with Gasteiger partial charge in [-0.3, -0.25) is 9.78 Å². The minimum atomic E-state index is -0.469. The van der Waals surface area contributed by atoms with Crippen molar-refractivity contribution < 1.29 is 14.3 Å². The first-order valence-corrected chi connectivity index (χ1v) is 9.52. The zero-order valence-electron chi connectivity index (χ0n) is 17.0. The Hall–Kier alpha value is -3.46. The minimum absolute atomic E-state index is 0.223. The molecule has 150 valence electrons. The molecule has 0 atom stereocenters. The summed E-state index contributed by atoms with van der Waals surface area (Å²) in [6, 6.07) is 13.1. The van der Waals surface area contributed by atoms with Crippen molar-refractivity contribution in [2.24, 2.45) is 0 Å². The Bertz CT molecular complexity index is 941. The van der Waals surface area contributed by atoms with Crippen molar-refractivity contribution in [3.05, 3.63) is 65.0 Å². The standard InChI is InChI=1S/C23H25N3O3/c1-4-5-10-22(26-16(2)27)20(23(28)29-3)13-17-11-12-21(25-15-17)19-9-7-6-8-18(19)14-24/h6-9,11-12,15H,4-5,10,13H2,1-3H3,(H,26,27)/b22-20-. The molecule has 0 radical (unpaired) electrons. The third-order valence-electron chi connectivity index (χ3n) is 4.43. The molecule has 1 amide bonds. The van der Waals surface area contributed by atoms with E-state index in [1.54, 1.807) is 12.3 Å². The molecule has 6 nitrogen and oxygen atoms in total. The smallest absolute Gasteiger partial charge is 0.335 e. The van der Waals surface area contributed by atoms with E-state index in [9.17, 15) is 14.9 Å². The van der Waals surface area contributed by atoms with Gasteiger partial charge in [-0.2, -0.15) is 5.26 Å². The van der Waals surface area contributed by atoms with Crippen LogP contribution in [0.5, 0.6) is 0 Å². The summed E-state index contributed by atoms with van der Waals surface area (Å²) in [5, 5.41) is 12.1. The number of aromatic nitrogens is 1. The number of esters is 1. The zero-order chi connectivity index (χ0) is 21.2. The summed E-state index contributed by atoms with van der Waals surface area (Å²) in [6.07, 6.45) is 4.34. The normalized spacial score (nSPS) is 11.2. The van der Waals surface area contributed by atoms with Gasteiger partial charge in [-0.25, -0.2) is 4.79 Å². The van der Waals surface area contributed by atoms with Gasteiger partial charge in [0.1, 0.15) is 0 Å². The van der Waals surface area contributed by atoms with E-state index in [2.05, 4.69) is 16.4 Å². The van der Waals surface area contributed by atoms with Crippen molar-refractivity contribution in [2.45, 2.75) is 39.5 Å². The Morgan fingerprint density at radius 3 is 2.55 bits per heavy atom. The van der Waals surface area contributed by atoms with Gasteiger partial charge in [0.25, 0.3) is 0 Å². The number of nitrogens with one attached hydrogen (secondary N) is 1. The molecule has 6 heteroatoms. The Morgan fingerprint density at radius 2 is 1.97 bits per heavy atom. The highest BCUT2D eigenvalue weighted by atomic mass is 16.5. The Balaban J connectivity index is 2.36. The number of benzene rings is 1. The molecule has 0 aliphatic carbocycles. The van der Waals surface area contributed by atoms with Gasteiger partial charge in [0, 0.05) is 30.8 Å². The predicted octanol–water partition coefficient (Wildman–Crippen LogP) is 3.92. The van der Waals surface area contributed by atoms with Crippen molar-refractivity contribution in [3.63, 3.8) is 0 Å². The lowest BCUT2D eigenvalue weighted by molar-refractivity contribution is -0.136. The summed E-state index contributed by atoms with van der Waals surface area (Å²) >= 11 is 0. The second-order valence-electron chi connectivity index (χ2n) is 6.62. The van der Waals surface area contributed by atoms with E-state index in [1.807, 2.05) is 37.3 Å². The molecule has 0 saturated heterocycles. The molecule has 1 aromatic heterocycles. The van der Waals surface area contributed by atoms with Gasteiger partial charge in [-0.1, -0.05) is 37.6 Å². The highest BCUT2D eigenvalue weighted by Gasteiger charge is 2.18. The van der Waals surface area contributed by atoms with E-state index in [-0.39, 0.29) is 5.91 Å². The van der Waals surface area contributed by atoms with E-state index in [1.165, 1.54) is 14.0 Å². The van der Waals surface area contributed by atoms with Crippen LogP contribution < -0.4 is 5.32 Å². The first-order valence-electron chi connectivity index (χ1n) is 9.52. The summed E-state index contributed by atoms with van der Waals surface area (Å²) in [4.78, 5) is 28.5. The van der Waals surface area contributed by atoms with Gasteiger partial charge in [0.15, 0.2) is 0 Å². The van der Waals surface area contributed by atoms with Crippen LogP contribution in [0.2, 0.25) is 0 Å². The number of carbonyl (C=O) groups is 2. The summed E-state index contributed by atoms with van der Waals surface area (Å²) < 4.78 is 4.95. The molecule has 1 N–H and O–H groups in total. The average Bonchev–Trinajstić information content (AvgIpc) is 2.74. The maximum atomic E-state index is 12.4. The SMILES string of the molecule is CCCC/C(NC(C)=O)=C(\Cc1ccc(-c2ccccc2C#N)nc1)C(=O)OC. The molecule has 0 aliphatic heterocycles. The van der Waals surface area contributed by atoms with E-state index in [0.29, 0.717) is 35.4 Å². The van der Waals surface area contributed by atoms with E-state index in [0.717, 1.165) is 24.0 Å². The van der Waals surface area contributed by atoms with Crippen LogP contribution >= 0.6 is 0 Å². The van der Waals surface area contributed by atoms with E-state index >= 15 is 0 Å². The van der Waals surface area contributed by atoms with Gasteiger partial charge in [0.2, 0.25) is 5.91 Å². The van der Waals surface area contributed by atoms with E-state index in [4.69, 9.17) is 4.74 Å². The molecule has 1 aromatic carbocycles. The maximum absolute atomic E-state index is 12.4. The van der Waals surface area contributed by atoms with Gasteiger partial charge in [0.05, 0.1) is 30.0 Å². The van der Waals surface area contributed by atoms with Crippen LogP contribution in [0.3, 0.4) is 0 Å². The van der Waals surface area contributed by atoms with Gasteiger partial charge in [-0.15, -0.1) is 0 Å². The largest absolute Gasteiger partial charge is 0.466 e. The van der Waals surface area contributed by atoms with Crippen LogP contribution in [0.4, 0.5) is 0 Å². The second kappa shape index (κ2) is 10.8. The molecular formula is C23H25N3O3. The van der Waals surface area contributed by atoms with Crippen molar-refractivity contribution in [2.75, 3.05) is 7.11 Å². The van der Waals surface area contributed by atoms with Crippen LogP contribution in [-0.4, -0.2) is 24.0 Å². The maximum Gasteiger partial charge on any atom is 0.335 e. The monoisotopic (exact) mass is 391 g/mol. The molecule has 0 saturated carbocycles. The molecule has 0 fully saturated rings. The topological polar surface area (TPSA) is 92.1 Å². The Labute approximate surface area is 171 Å². The summed E-state index contributed by atoms with van der Waals surface area (Å²) in [5.41, 5.74) is 3.81. The summed E-state index contributed by atoms with van der Waals surface area (Å²) in [5.74, 6) is -0.692. The molecular weight excluding hydrogens is 366 g/mol. The molecule has 0 spiro atoms. The average molecular weight is 391 g/mol. The number of ether oxygens (including phenoxy) is 1. The number of nitrogens with zero attached hydrogens (tertiary/aromatic N) is 2. The van der Waals surface area contributed by atoms with Crippen LogP contribution in [0, 0.1) is 11.3 Å².